The van der Waals surface area contributed by atoms with Crippen molar-refractivity contribution >= 4 is 33.1 Å². The Labute approximate surface area is 164 Å². The highest BCUT2D eigenvalue weighted by Gasteiger charge is 2.30. The topological polar surface area (TPSA) is 69.6 Å². The van der Waals surface area contributed by atoms with Crippen molar-refractivity contribution in [1.29, 1.82) is 0 Å². The zero-order chi connectivity index (χ0) is 18.9. The van der Waals surface area contributed by atoms with E-state index in [9.17, 15) is 8.42 Å². The van der Waals surface area contributed by atoms with Gasteiger partial charge in [0.25, 0.3) is 10.0 Å². The molecule has 9 heteroatoms. The number of nitrogens with zero attached hydrogens (tertiary/aromatic N) is 5. The summed E-state index contributed by atoms with van der Waals surface area (Å²) in [6.07, 6.45) is 5.46. The smallest absolute Gasteiger partial charge is 0.252 e. The highest BCUT2D eigenvalue weighted by atomic mass is 32.2. The fraction of sp³-hybridized carbons (Fsp3) is 0.556. The average molecular weight is 408 g/mol. The molecule has 146 valence electrons. The lowest BCUT2D eigenvalue weighted by molar-refractivity contribution is 0.384. The second-order valence-corrected chi connectivity index (χ2v) is 10.5. The summed E-state index contributed by atoms with van der Waals surface area (Å²) >= 11 is 1.33. The number of sulfonamides is 1. The van der Waals surface area contributed by atoms with Crippen molar-refractivity contribution in [2.75, 3.05) is 49.1 Å². The van der Waals surface area contributed by atoms with E-state index in [2.05, 4.69) is 14.8 Å². The van der Waals surface area contributed by atoms with Gasteiger partial charge in [-0.1, -0.05) is 0 Å². The quantitative estimate of drug-likeness (QED) is 0.775. The van der Waals surface area contributed by atoms with Gasteiger partial charge in [-0.3, -0.25) is 0 Å². The van der Waals surface area contributed by atoms with Crippen molar-refractivity contribution in [3.8, 4) is 0 Å². The number of hydrogen-bond donors (Lipinski definition) is 0. The van der Waals surface area contributed by atoms with E-state index < -0.39 is 10.0 Å². The summed E-state index contributed by atoms with van der Waals surface area (Å²) in [5, 5.41) is 0. The van der Waals surface area contributed by atoms with Gasteiger partial charge in [-0.25, -0.2) is 13.4 Å². The molecule has 0 saturated carbocycles. The van der Waals surface area contributed by atoms with Crippen molar-refractivity contribution in [2.45, 2.75) is 30.4 Å². The average Bonchev–Trinajstić information content (AvgIpc) is 3.16. The highest BCUT2D eigenvalue weighted by molar-refractivity contribution is 7.91. The molecule has 0 N–H and O–H groups in total. The number of anilines is 2. The second kappa shape index (κ2) is 7.73. The van der Waals surface area contributed by atoms with Crippen LogP contribution in [0.25, 0.3) is 0 Å². The number of aromatic nitrogens is 2. The van der Waals surface area contributed by atoms with Crippen LogP contribution in [0.3, 0.4) is 0 Å². The van der Waals surface area contributed by atoms with Crippen LogP contribution >= 0.6 is 11.3 Å². The van der Waals surface area contributed by atoms with Gasteiger partial charge >= 0.3 is 0 Å². The minimum absolute atomic E-state index is 0.433. The van der Waals surface area contributed by atoms with E-state index in [0.717, 1.165) is 29.7 Å². The molecule has 2 fully saturated rings. The maximum absolute atomic E-state index is 12.8. The molecule has 0 unspecified atom stereocenters. The van der Waals surface area contributed by atoms with E-state index in [-0.39, 0.29) is 0 Å². The molecule has 2 saturated heterocycles. The number of piperazine rings is 1. The maximum atomic E-state index is 12.8. The third-order valence-electron chi connectivity index (χ3n) is 5.14. The van der Waals surface area contributed by atoms with E-state index in [4.69, 9.17) is 4.98 Å². The monoisotopic (exact) mass is 407 g/mol. The first-order valence-electron chi connectivity index (χ1n) is 9.43. The first-order valence-corrected chi connectivity index (χ1v) is 11.7. The summed E-state index contributed by atoms with van der Waals surface area (Å²) in [6, 6.07) is 5.48. The Morgan fingerprint density at radius 1 is 0.926 bits per heavy atom. The third kappa shape index (κ3) is 3.95. The lowest BCUT2D eigenvalue weighted by Gasteiger charge is -2.35. The van der Waals surface area contributed by atoms with E-state index in [1.807, 2.05) is 25.3 Å². The first-order chi connectivity index (χ1) is 13.0. The molecule has 7 nitrogen and oxygen atoms in total. The predicted octanol–water partition coefficient (Wildman–Crippen LogP) is 2.35. The van der Waals surface area contributed by atoms with Crippen LogP contribution in [0.15, 0.2) is 28.6 Å². The van der Waals surface area contributed by atoms with Crippen LogP contribution in [-0.2, 0) is 10.0 Å². The lowest BCUT2D eigenvalue weighted by atomic mass is 10.1. The van der Waals surface area contributed by atoms with E-state index in [0.29, 0.717) is 30.4 Å². The molecule has 0 spiro atoms. The standard InChI is InChI=1S/C18H25N5O2S2/c1-15-5-6-17(26-15)27(24,25)23-13-11-21(12-14-23)16-7-8-19-18(20-16)22-9-3-2-4-10-22/h5-8H,2-4,9-14H2,1H3. The molecule has 0 radical (unpaired) electrons. The molecule has 4 heterocycles. The summed E-state index contributed by atoms with van der Waals surface area (Å²) in [4.78, 5) is 14.6. The Morgan fingerprint density at radius 3 is 2.33 bits per heavy atom. The van der Waals surface area contributed by atoms with Crippen molar-refractivity contribution < 1.29 is 8.42 Å². The Hall–Kier alpha value is -1.71. The molecule has 2 aliphatic rings. The van der Waals surface area contributed by atoms with Crippen LogP contribution in [0.4, 0.5) is 11.8 Å². The van der Waals surface area contributed by atoms with Gasteiger partial charge in [0.15, 0.2) is 0 Å². The van der Waals surface area contributed by atoms with Gasteiger partial charge < -0.3 is 9.80 Å². The minimum atomic E-state index is -3.39. The predicted molar refractivity (Wildman–Crippen MR) is 108 cm³/mol. The fourth-order valence-electron chi connectivity index (χ4n) is 3.60. The van der Waals surface area contributed by atoms with E-state index in [1.54, 1.807) is 10.4 Å². The number of rotatable bonds is 4. The van der Waals surface area contributed by atoms with E-state index in [1.165, 1.54) is 30.6 Å². The Bertz CT molecular complexity index is 885. The molecule has 2 aromatic rings. The molecule has 0 amide bonds. The maximum Gasteiger partial charge on any atom is 0.252 e. The summed E-state index contributed by atoms with van der Waals surface area (Å²) < 4.78 is 27.6. The van der Waals surface area contributed by atoms with Crippen LogP contribution in [0.1, 0.15) is 24.1 Å². The first kappa shape index (κ1) is 18.6. The molecular weight excluding hydrogens is 382 g/mol. The molecule has 4 rings (SSSR count). The van der Waals surface area contributed by atoms with Gasteiger partial charge in [-0.2, -0.15) is 9.29 Å². The number of aryl methyl sites for hydroxylation is 1. The number of piperidine rings is 1. The van der Waals surface area contributed by atoms with Gasteiger partial charge in [-0.15, -0.1) is 11.3 Å². The van der Waals surface area contributed by atoms with Crippen LogP contribution in [0.5, 0.6) is 0 Å². The molecule has 2 aliphatic heterocycles. The summed E-state index contributed by atoms with van der Waals surface area (Å²) in [7, 11) is -3.39. The van der Waals surface area contributed by atoms with E-state index >= 15 is 0 Å². The van der Waals surface area contributed by atoms with Gasteiger partial charge in [0.2, 0.25) is 5.95 Å². The van der Waals surface area contributed by atoms with Gasteiger partial charge in [0.05, 0.1) is 0 Å². The second-order valence-electron chi connectivity index (χ2n) is 7.02. The number of hydrogen-bond acceptors (Lipinski definition) is 7. The molecular formula is C18H25N5O2S2. The van der Waals surface area contributed by atoms with Crippen molar-refractivity contribution in [2.24, 2.45) is 0 Å². The zero-order valence-corrected chi connectivity index (χ0v) is 17.2. The molecule has 2 aromatic heterocycles. The largest absolute Gasteiger partial charge is 0.354 e. The van der Waals surface area contributed by atoms with Crippen LogP contribution in [-0.4, -0.2) is 62.0 Å². The molecule has 27 heavy (non-hydrogen) atoms. The Morgan fingerprint density at radius 2 is 1.67 bits per heavy atom. The van der Waals surface area contributed by atoms with Gasteiger partial charge in [0.1, 0.15) is 10.0 Å². The molecule has 0 atom stereocenters. The molecule has 0 aliphatic carbocycles. The fourth-order valence-corrected chi connectivity index (χ4v) is 6.46. The molecule has 0 aromatic carbocycles. The van der Waals surface area contributed by atoms with Crippen molar-refractivity contribution in [3.63, 3.8) is 0 Å². The summed E-state index contributed by atoms with van der Waals surface area (Å²) in [5.41, 5.74) is 0. The normalized spacial score (nSPS) is 19.4. The Balaban J connectivity index is 1.43. The zero-order valence-electron chi connectivity index (χ0n) is 15.5. The SMILES string of the molecule is Cc1ccc(S(=O)(=O)N2CCN(c3ccnc(N4CCCCC4)n3)CC2)s1. The summed E-state index contributed by atoms with van der Waals surface area (Å²) in [6.45, 7) is 6.17. The van der Waals surface area contributed by atoms with Gasteiger partial charge in [0, 0.05) is 50.3 Å². The minimum Gasteiger partial charge on any atom is -0.354 e. The molecule has 0 bridgehead atoms. The number of thiophene rings is 1. The van der Waals surface area contributed by atoms with Crippen LogP contribution in [0, 0.1) is 6.92 Å². The summed E-state index contributed by atoms with van der Waals surface area (Å²) in [5.74, 6) is 1.67. The van der Waals surface area contributed by atoms with Gasteiger partial charge in [-0.05, 0) is 44.4 Å². The third-order valence-corrected chi connectivity index (χ3v) is 8.51. The van der Waals surface area contributed by atoms with Crippen LogP contribution in [0.2, 0.25) is 0 Å². The Kier molecular flexibility index (Phi) is 5.34. The van der Waals surface area contributed by atoms with Crippen molar-refractivity contribution in [1.82, 2.24) is 14.3 Å². The lowest BCUT2D eigenvalue weighted by Crippen LogP contribution is -2.48. The van der Waals surface area contributed by atoms with Crippen molar-refractivity contribution in [3.05, 3.63) is 29.3 Å². The van der Waals surface area contributed by atoms with Crippen LogP contribution < -0.4 is 9.80 Å². The highest BCUT2D eigenvalue weighted by Crippen LogP contribution is 2.26.